The van der Waals surface area contributed by atoms with Crippen LogP contribution < -0.4 is 0 Å². The SMILES string of the molecule is COC(=O)CCN=C(SC)SC. The fourth-order valence-electron chi connectivity index (χ4n) is 0.553. The molecule has 0 aliphatic heterocycles. The van der Waals surface area contributed by atoms with E-state index in [4.69, 9.17) is 0 Å². The fraction of sp³-hybridized carbons (Fsp3) is 0.714. The van der Waals surface area contributed by atoms with E-state index >= 15 is 0 Å². The molecule has 0 saturated carbocycles. The van der Waals surface area contributed by atoms with Crippen LogP contribution in [-0.2, 0) is 9.53 Å². The minimum Gasteiger partial charge on any atom is -0.469 e. The zero-order valence-electron chi connectivity index (χ0n) is 7.49. The smallest absolute Gasteiger partial charge is 0.307 e. The van der Waals surface area contributed by atoms with Crippen LogP contribution in [0.5, 0.6) is 0 Å². The molecule has 3 nitrogen and oxygen atoms in total. The standard InChI is InChI=1S/C7H13NO2S2/c1-10-6(9)4-5-8-7(11-2)12-3/h4-5H2,1-3H3. The Morgan fingerprint density at radius 2 is 2.00 bits per heavy atom. The fourth-order valence-corrected chi connectivity index (χ4v) is 1.66. The van der Waals surface area contributed by atoms with Gasteiger partial charge in [0.25, 0.3) is 0 Å². The van der Waals surface area contributed by atoms with Crippen molar-refractivity contribution in [1.29, 1.82) is 0 Å². The summed E-state index contributed by atoms with van der Waals surface area (Å²) in [6, 6.07) is 0. The van der Waals surface area contributed by atoms with Crippen LogP contribution in [0.25, 0.3) is 0 Å². The Morgan fingerprint density at radius 3 is 2.42 bits per heavy atom. The second kappa shape index (κ2) is 7.49. The number of carbonyl (C=O) groups is 1. The van der Waals surface area contributed by atoms with Gasteiger partial charge in [-0.05, 0) is 12.5 Å². The Bertz CT molecular complexity index is 165. The van der Waals surface area contributed by atoms with E-state index in [2.05, 4.69) is 9.73 Å². The second-order valence-corrected chi connectivity index (χ2v) is 3.73. The molecule has 0 fully saturated rings. The van der Waals surface area contributed by atoms with Crippen LogP contribution in [0.1, 0.15) is 6.42 Å². The quantitative estimate of drug-likeness (QED) is 0.400. The van der Waals surface area contributed by atoms with Gasteiger partial charge >= 0.3 is 5.97 Å². The molecule has 0 rings (SSSR count). The van der Waals surface area contributed by atoms with Crippen molar-refractivity contribution in [1.82, 2.24) is 0 Å². The monoisotopic (exact) mass is 207 g/mol. The highest BCUT2D eigenvalue weighted by molar-refractivity contribution is 8.38. The Balaban J connectivity index is 3.64. The highest BCUT2D eigenvalue weighted by atomic mass is 32.2. The summed E-state index contributed by atoms with van der Waals surface area (Å²) in [6.45, 7) is 0.518. The summed E-state index contributed by atoms with van der Waals surface area (Å²) in [7, 11) is 1.39. The molecule has 0 N–H and O–H groups in total. The van der Waals surface area contributed by atoms with Gasteiger partial charge in [-0.2, -0.15) is 0 Å². The van der Waals surface area contributed by atoms with Gasteiger partial charge in [-0.15, -0.1) is 23.5 Å². The first-order valence-electron chi connectivity index (χ1n) is 3.43. The number of thioether (sulfide) groups is 2. The molecule has 5 heteroatoms. The van der Waals surface area contributed by atoms with Crippen molar-refractivity contribution >= 4 is 33.9 Å². The lowest BCUT2D eigenvalue weighted by atomic mass is 10.4. The molecule has 0 aromatic heterocycles. The van der Waals surface area contributed by atoms with E-state index in [9.17, 15) is 4.79 Å². The van der Waals surface area contributed by atoms with Crippen molar-refractivity contribution in [2.45, 2.75) is 6.42 Å². The summed E-state index contributed by atoms with van der Waals surface area (Å²) < 4.78 is 5.48. The summed E-state index contributed by atoms with van der Waals surface area (Å²) in [5, 5.41) is 0. The third-order valence-electron chi connectivity index (χ3n) is 1.13. The van der Waals surface area contributed by atoms with E-state index in [1.165, 1.54) is 7.11 Å². The lowest BCUT2D eigenvalue weighted by Crippen LogP contribution is -2.02. The van der Waals surface area contributed by atoms with Gasteiger partial charge < -0.3 is 4.74 Å². The van der Waals surface area contributed by atoms with Crippen molar-refractivity contribution in [3.63, 3.8) is 0 Å². The van der Waals surface area contributed by atoms with Gasteiger partial charge in [-0.25, -0.2) is 0 Å². The highest BCUT2D eigenvalue weighted by Gasteiger charge is 1.98. The molecule has 0 unspecified atom stereocenters. The number of ether oxygens (including phenoxy) is 1. The topological polar surface area (TPSA) is 38.7 Å². The van der Waals surface area contributed by atoms with Gasteiger partial charge in [0.1, 0.15) is 4.38 Å². The molecule has 0 amide bonds. The van der Waals surface area contributed by atoms with Gasteiger partial charge in [0.15, 0.2) is 0 Å². The number of aliphatic imine (C=N–C) groups is 1. The third-order valence-corrected chi connectivity index (χ3v) is 3.09. The van der Waals surface area contributed by atoms with E-state index in [1.807, 2.05) is 12.5 Å². The number of esters is 1. The minimum absolute atomic E-state index is 0.208. The first kappa shape index (κ1) is 11.8. The maximum absolute atomic E-state index is 10.7. The summed E-state index contributed by atoms with van der Waals surface area (Å²) in [6.07, 6.45) is 4.29. The van der Waals surface area contributed by atoms with Crippen LogP contribution in [0.15, 0.2) is 4.99 Å². The van der Waals surface area contributed by atoms with Crippen molar-refractivity contribution in [3.8, 4) is 0 Å². The predicted octanol–water partition coefficient (Wildman–Crippen LogP) is 1.63. The normalized spacial score (nSPS) is 9.25. The summed E-state index contributed by atoms with van der Waals surface area (Å²) >= 11 is 3.18. The van der Waals surface area contributed by atoms with Crippen LogP contribution >= 0.6 is 23.5 Å². The largest absolute Gasteiger partial charge is 0.469 e. The number of hydrogen-bond acceptors (Lipinski definition) is 5. The van der Waals surface area contributed by atoms with Crippen molar-refractivity contribution < 1.29 is 9.53 Å². The van der Waals surface area contributed by atoms with E-state index < -0.39 is 0 Å². The average molecular weight is 207 g/mol. The first-order valence-corrected chi connectivity index (χ1v) is 5.88. The van der Waals surface area contributed by atoms with E-state index in [0.29, 0.717) is 13.0 Å². The van der Waals surface area contributed by atoms with Crippen molar-refractivity contribution in [2.24, 2.45) is 4.99 Å². The van der Waals surface area contributed by atoms with Gasteiger partial charge in [-0.1, -0.05) is 0 Å². The zero-order chi connectivity index (χ0) is 9.40. The highest BCUT2D eigenvalue weighted by Crippen LogP contribution is 2.10. The summed E-state index contributed by atoms with van der Waals surface area (Å²) in [5.74, 6) is -0.208. The number of nitrogens with zero attached hydrogens (tertiary/aromatic N) is 1. The Hall–Kier alpha value is -0.160. The number of carbonyl (C=O) groups excluding carboxylic acids is 1. The molecular formula is C7H13NO2S2. The number of hydrogen-bond donors (Lipinski definition) is 0. The molecule has 0 bridgehead atoms. The molecule has 0 aliphatic rings. The lowest BCUT2D eigenvalue weighted by molar-refractivity contribution is -0.140. The first-order chi connectivity index (χ1) is 5.74. The summed E-state index contributed by atoms with van der Waals surface area (Å²) in [4.78, 5) is 14.9. The van der Waals surface area contributed by atoms with Gasteiger partial charge in [-0.3, -0.25) is 9.79 Å². The van der Waals surface area contributed by atoms with Gasteiger partial charge in [0.2, 0.25) is 0 Å². The molecule has 0 radical (unpaired) electrons. The van der Waals surface area contributed by atoms with Crippen LogP contribution in [0.4, 0.5) is 0 Å². The third kappa shape index (κ3) is 5.49. The second-order valence-electron chi connectivity index (χ2n) is 1.88. The van der Waals surface area contributed by atoms with Gasteiger partial charge in [0, 0.05) is 0 Å². The number of rotatable bonds is 3. The molecule has 0 aliphatic carbocycles. The van der Waals surface area contributed by atoms with Crippen molar-refractivity contribution in [2.75, 3.05) is 26.2 Å². The molecule has 0 heterocycles. The zero-order valence-corrected chi connectivity index (χ0v) is 9.13. The predicted molar refractivity (Wildman–Crippen MR) is 56.0 cm³/mol. The van der Waals surface area contributed by atoms with Crippen LogP contribution in [0, 0.1) is 0 Å². The molecule has 12 heavy (non-hydrogen) atoms. The minimum atomic E-state index is -0.208. The van der Waals surface area contributed by atoms with Crippen LogP contribution in [0.3, 0.4) is 0 Å². The molecule has 0 spiro atoms. The Labute approximate surface area is 81.3 Å². The van der Waals surface area contributed by atoms with E-state index in [1.54, 1.807) is 23.5 Å². The molecule has 0 saturated heterocycles. The maximum atomic E-state index is 10.7. The lowest BCUT2D eigenvalue weighted by Gasteiger charge is -1.98. The molecule has 0 aromatic rings. The number of methoxy groups -OCH3 is 1. The Kier molecular flexibility index (Phi) is 7.39. The van der Waals surface area contributed by atoms with E-state index in [-0.39, 0.29) is 5.97 Å². The van der Waals surface area contributed by atoms with Crippen LogP contribution in [0.2, 0.25) is 0 Å². The molecular weight excluding hydrogens is 194 g/mol. The molecule has 0 atom stereocenters. The van der Waals surface area contributed by atoms with E-state index in [0.717, 1.165) is 4.38 Å². The van der Waals surface area contributed by atoms with Crippen LogP contribution in [-0.4, -0.2) is 36.5 Å². The average Bonchev–Trinajstić information content (AvgIpc) is 2.12. The Morgan fingerprint density at radius 1 is 1.42 bits per heavy atom. The molecule has 0 aromatic carbocycles. The van der Waals surface area contributed by atoms with Crippen molar-refractivity contribution in [3.05, 3.63) is 0 Å². The van der Waals surface area contributed by atoms with Gasteiger partial charge in [0.05, 0.1) is 20.1 Å². The maximum Gasteiger partial charge on any atom is 0.307 e. The molecule has 70 valence electrons. The summed E-state index contributed by atoms with van der Waals surface area (Å²) in [5.41, 5.74) is 0.